The van der Waals surface area contributed by atoms with Crippen LogP contribution < -0.4 is 0 Å². The van der Waals surface area contributed by atoms with Gasteiger partial charge in [0.1, 0.15) is 6.10 Å². The SMILES string of the molecule is CC[C@]1(C)[C@H]2C=CC=CC2[C@@](CC)(c2ccccc2C)[C@@H]2OC(=O)O[C@@H]21. The highest BCUT2D eigenvalue weighted by atomic mass is 16.8. The summed E-state index contributed by atoms with van der Waals surface area (Å²) >= 11 is 0. The van der Waals surface area contributed by atoms with Gasteiger partial charge in [0.15, 0.2) is 6.10 Å². The molecule has 4 rings (SSSR count). The molecule has 3 nitrogen and oxygen atoms in total. The second kappa shape index (κ2) is 6.00. The number of allylic oxidation sites excluding steroid dienone is 4. The molecule has 0 bridgehead atoms. The highest BCUT2D eigenvalue weighted by molar-refractivity contribution is 5.64. The molecule has 2 aliphatic carbocycles. The van der Waals surface area contributed by atoms with Crippen molar-refractivity contribution in [1.29, 1.82) is 0 Å². The smallest absolute Gasteiger partial charge is 0.426 e. The number of hydrogen-bond acceptors (Lipinski definition) is 3. The first kappa shape index (κ1) is 17.4. The van der Waals surface area contributed by atoms with Crippen LogP contribution in [0.4, 0.5) is 4.79 Å². The summed E-state index contributed by atoms with van der Waals surface area (Å²) in [7, 11) is 0. The van der Waals surface area contributed by atoms with Gasteiger partial charge in [-0.15, -0.1) is 0 Å². The van der Waals surface area contributed by atoms with E-state index in [0.717, 1.165) is 12.8 Å². The maximum Gasteiger partial charge on any atom is 0.509 e. The molecule has 1 aromatic carbocycles. The summed E-state index contributed by atoms with van der Waals surface area (Å²) in [5.74, 6) is 0.590. The van der Waals surface area contributed by atoms with Gasteiger partial charge in [0.25, 0.3) is 0 Å². The van der Waals surface area contributed by atoms with Crippen LogP contribution in [0.25, 0.3) is 0 Å². The Hall–Kier alpha value is -2.03. The molecule has 1 unspecified atom stereocenters. The fourth-order valence-electron chi connectivity index (χ4n) is 5.82. The van der Waals surface area contributed by atoms with Gasteiger partial charge in [0, 0.05) is 10.8 Å². The third-order valence-electron chi connectivity index (χ3n) is 7.36. The minimum atomic E-state index is -0.516. The Morgan fingerprint density at radius 3 is 2.27 bits per heavy atom. The average molecular weight is 352 g/mol. The van der Waals surface area contributed by atoms with Gasteiger partial charge in [-0.25, -0.2) is 4.79 Å². The molecule has 0 N–H and O–H groups in total. The zero-order valence-corrected chi connectivity index (χ0v) is 16.1. The summed E-state index contributed by atoms with van der Waals surface area (Å²) in [5.41, 5.74) is 2.12. The van der Waals surface area contributed by atoms with E-state index in [1.54, 1.807) is 0 Å². The molecule has 0 aromatic heterocycles. The van der Waals surface area contributed by atoms with Crippen LogP contribution in [0.1, 0.15) is 44.7 Å². The lowest BCUT2D eigenvalue weighted by atomic mass is 9.46. The fourth-order valence-corrected chi connectivity index (χ4v) is 5.82. The molecule has 0 amide bonds. The van der Waals surface area contributed by atoms with E-state index in [-0.39, 0.29) is 29.0 Å². The Balaban J connectivity index is 1.98. The molecule has 138 valence electrons. The van der Waals surface area contributed by atoms with E-state index in [0.29, 0.717) is 5.92 Å². The molecule has 1 aliphatic heterocycles. The van der Waals surface area contributed by atoms with Crippen LogP contribution in [0, 0.1) is 24.2 Å². The second-order valence-corrected chi connectivity index (χ2v) is 8.22. The summed E-state index contributed by atoms with van der Waals surface area (Å²) in [4.78, 5) is 12.3. The number of carbonyl (C=O) groups excluding carboxylic acids is 1. The highest BCUT2D eigenvalue weighted by Gasteiger charge is 2.67. The van der Waals surface area contributed by atoms with Crippen molar-refractivity contribution in [2.75, 3.05) is 0 Å². The van der Waals surface area contributed by atoms with Gasteiger partial charge in [0.05, 0.1) is 0 Å². The Kier molecular flexibility index (Phi) is 4.02. The zero-order valence-electron chi connectivity index (χ0n) is 16.1. The van der Waals surface area contributed by atoms with Gasteiger partial charge in [-0.05, 0) is 42.7 Å². The van der Waals surface area contributed by atoms with Crippen molar-refractivity contribution in [3.63, 3.8) is 0 Å². The Labute approximate surface area is 156 Å². The first-order chi connectivity index (χ1) is 12.5. The predicted octanol–water partition coefficient (Wildman–Crippen LogP) is 5.34. The van der Waals surface area contributed by atoms with E-state index in [1.807, 2.05) is 0 Å². The van der Waals surface area contributed by atoms with Crippen molar-refractivity contribution in [2.24, 2.45) is 17.3 Å². The van der Waals surface area contributed by atoms with Crippen molar-refractivity contribution in [2.45, 2.75) is 58.2 Å². The van der Waals surface area contributed by atoms with E-state index < -0.39 is 6.16 Å². The van der Waals surface area contributed by atoms with Crippen molar-refractivity contribution in [3.05, 3.63) is 59.7 Å². The maximum atomic E-state index is 12.3. The van der Waals surface area contributed by atoms with Crippen molar-refractivity contribution >= 4 is 6.16 Å². The average Bonchev–Trinajstić information content (AvgIpc) is 3.06. The van der Waals surface area contributed by atoms with Crippen LogP contribution in [0.3, 0.4) is 0 Å². The second-order valence-electron chi connectivity index (χ2n) is 8.22. The largest absolute Gasteiger partial charge is 0.509 e. The Morgan fingerprint density at radius 2 is 1.62 bits per heavy atom. The number of rotatable bonds is 3. The molecule has 1 aromatic rings. The van der Waals surface area contributed by atoms with E-state index in [9.17, 15) is 4.79 Å². The summed E-state index contributed by atoms with van der Waals surface area (Å²) in [6.45, 7) is 8.82. The lowest BCUT2D eigenvalue weighted by Crippen LogP contribution is -2.64. The van der Waals surface area contributed by atoms with Crippen LogP contribution in [0.2, 0.25) is 0 Å². The van der Waals surface area contributed by atoms with Gasteiger partial charge in [-0.3, -0.25) is 0 Å². The predicted molar refractivity (Wildman–Crippen MR) is 102 cm³/mol. The minimum absolute atomic E-state index is 0.135. The molecule has 1 saturated carbocycles. The molecule has 26 heavy (non-hydrogen) atoms. The first-order valence-electron chi connectivity index (χ1n) is 9.77. The topological polar surface area (TPSA) is 35.5 Å². The van der Waals surface area contributed by atoms with Crippen LogP contribution in [-0.4, -0.2) is 18.4 Å². The summed E-state index contributed by atoms with van der Waals surface area (Å²) in [6.07, 6.45) is 9.78. The molecular weight excluding hydrogens is 324 g/mol. The third kappa shape index (κ3) is 2.09. The number of fused-ring (bicyclic) bond motifs is 2. The number of hydrogen-bond donors (Lipinski definition) is 0. The van der Waals surface area contributed by atoms with Gasteiger partial charge in [0.2, 0.25) is 0 Å². The van der Waals surface area contributed by atoms with Gasteiger partial charge in [-0.2, -0.15) is 0 Å². The molecule has 1 heterocycles. The highest BCUT2D eigenvalue weighted by Crippen LogP contribution is 2.61. The minimum Gasteiger partial charge on any atom is -0.426 e. The molecular formula is C23H28O3. The van der Waals surface area contributed by atoms with Crippen LogP contribution in [0.5, 0.6) is 0 Å². The Morgan fingerprint density at radius 1 is 0.962 bits per heavy atom. The third-order valence-corrected chi connectivity index (χ3v) is 7.36. The van der Waals surface area contributed by atoms with Crippen molar-refractivity contribution in [1.82, 2.24) is 0 Å². The van der Waals surface area contributed by atoms with Crippen molar-refractivity contribution < 1.29 is 14.3 Å². The van der Waals surface area contributed by atoms with E-state index in [4.69, 9.17) is 9.47 Å². The standard InChI is InChI=1S/C23H28O3/c1-5-22(4)17-13-9-10-14-18(17)23(6-2,16-12-8-7-11-15(16)3)20-19(22)25-21(24)26-20/h7-14,17-20H,5-6H2,1-4H3/t17-,18?,19-,20+,22+,23+/m0/s1. The van der Waals surface area contributed by atoms with Crippen LogP contribution >= 0.6 is 0 Å². The quantitative estimate of drug-likeness (QED) is 0.689. The normalized spacial score (nSPS) is 40.5. The zero-order chi connectivity index (χ0) is 18.5. The first-order valence-corrected chi connectivity index (χ1v) is 9.77. The number of benzene rings is 1. The number of ether oxygens (including phenoxy) is 2. The van der Waals surface area contributed by atoms with Gasteiger partial charge in [-0.1, -0.05) is 69.3 Å². The van der Waals surface area contributed by atoms with Gasteiger partial charge < -0.3 is 9.47 Å². The van der Waals surface area contributed by atoms with Crippen molar-refractivity contribution in [3.8, 4) is 0 Å². The lowest BCUT2D eigenvalue weighted by molar-refractivity contribution is -0.105. The van der Waals surface area contributed by atoms with E-state index in [2.05, 4.69) is 76.3 Å². The molecule has 3 heteroatoms. The summed E-state index contributed by atoms with van der Waals surface area (Å²) < 4.78 is 11.7. The monoisotopic (exact) mass is 352 g/mol. The molecule has 3 aliphatic rings. The van der Waals surface area contributed by atoms with E-state index in [1.165, 1.54) is 11.1 Å². The fraction of sp³-hybridized carbons (Fsp3) is 0.522. The maximum absolute atomic E-state index is 12.3. The molecule has 6 atom stereocenters. The van der Waals surface area contributed by atoms with Gasteiger partial charge >= 0.3 is 6.16 Å². The molecule has 0 radical (unpaired) electrons. The number of carbonyl (C=O) groups is 1. The summed E-state index contributed by atoms with van der Waals surface area (Å²) in [6, 6.07) is 8.53. The molecule has 0 spiro atoms. The van der Waals surface area contributed by atoms with Crippen LogP contribution in [0.15, 0.2) is 48.6 Å². The molecule has 2 fully saturated rings. The molecule has 1 saturated heterocycles. The van der Waals surface area contributed by atoms with Crippen LogP contribution in [-0.2, 0) is 14.9 Å². The summed E-state index contributed by atoms with van der Waals surface area (Å²) in [5, 5.41) is 0. The Bertz CT molecular complexity index is 779. The lowest BCUT2D eigenvalue weighted by Gasteiger charge is -2.58. The van der Waals surface area contributed by atoms with E-state index >= 15 is 0 Å². The number of aryl methyl sites for hydroxylation is 1.